The molecule has 0 aliphatic rings. The highest BCUT2D eigenvalue weighted by Crippen LogP contribution is 2.32. The quantitative estimate of drug-likeness (QED) is 0.453. The average Bonchev–Trinajstić information content (AvgIpc) is 3.36. The minimum absolute atomic E-state index is 0.789. The van der Waals surface area contributed by atoms with Gasteiger partial charge in [0.25, 0.3) is 0 Å². The van der Waals surface area contributed by atoms with E-state index in [2.05, 4.69) is 11.1 Å². The van der Waals surface area contributed by atoms with Crippen LogP contribution in [0.2, 0.25) is 0 Å². The fraction of sp³-hybridized carbons (Fsp3) is 0.0476. The van der Waals surface area contributed by atoms with E-state index in [0.29, 0.717) is 0 Å². The predicted molar refractivity (Wildman–Crippen MR) is 106 cm³/mol. The summed E-state index contributed by atoms with van der Waals surface area (Å²) in [5, 5.41) is 0.916. The molecule has 0 saturated heterocycles. The Balaban J connectivity index is 1.73. The number of aromatic amines is 1. The number of aromatic nitrogens is 3. The Bertz CT molecular complexity index is 1120. The molecular weight excluding hydrogens is 342 g/mol. The predicted octanol–water partition coefficient (Wildman–Crippen LogP) is 5.66. The summed E-state index contributed by atoms with van der Waals surface area (Å²) in [6, 6.07) is 20.1. The highest BCUT2D eigenvalue weighted by Gasteiger charge is 2.16. The van der Waals surface area contributed by atoms with Crippen LogP contribution in [0.4, 0.5) is 0 Å². The van der Waals surface area contributed by atoms with Crippen molar-refractivity contribution in [3.8, 4) is 0 Å². The molecule has 0 bridgehead atoms. The molecule has 0 atom stereocenters. The van der Waals surface area contributed by atoms with Gasteiger partial charge in [0.2, 0.25) is 0 Å². The Morgan fingerprint density at radius 3 is 2.54 bits per heavy atom. The Morgan fingerprint density at radius 1 is 0.962 bits per heavy atom. The van der Waals surface area contributed by atoms with E-state index < -0.39 is 0 Å². The van der Waals surface area contributed by atoms with Crippen molar-refractivity contribution in [1.29, 1.82) is 0 Å². The normalized spacial score (nSPS) is 12.3. The van der Waals surface area contributed by atoms with Crippen LogP contribution in [0.25, 0.3) is 32.9 Å². The summed E-state index contributed by atoms with van der Waals surface area (Å²) in [5.41, 5.74) is 3.86. The molecule has 126 valence electrons. The summed E-state index contributed by atoms with van der Waals surface area (Å²) < 4.78 is 6.92. The summed E-state index contributed by atoms with van der Waals surface area (Å²) >= 11 is 1.66. The number of imidazole rings is 1. The first-order valence-electron chi connectivity index (χ1n) is 8.35. The van der Waals surface area contributed by atoms with Crippen LogP contribution in [0.5, 0.6) is 0 Å². The minimum Gasteiger partial charge on any atom is -0.462 e. The number of hydrogen-bond acceptors (Lipinski definition) is 4. The largest absolute Gasteiger partial charge is 0.462 e. The molecule has 0 saturated carbocycles. The van der Waals surface area contributed by atoms with E-state index in [-0.39, 0.29) is 0 Å². The Hall–Kier alpha value is -3.18. The van der Waals surface area contributed by atoms with Gasteiger partial charge in [-0.1, -0.05) is 24.3 Å². The van der Waals surface area contributed by atoms with Gasteiger partial charge in [-0.15, -0.1) is 11.3 Å². The number of hydrogen-bond donors (Lipinski definition) is 1. The molecule has 0 radical (unpaired) electrons. The number of furan rings is 1. The van der Waals surface area contributed by atoms with Crippen molar-refractivity contribution in [2.24, 2.45) is 0 Å². The van der Waals surface area contributed by atoms with Crippen molar-refractivity contribution < 1.29 is 4.42 Å². The zero-order chi connectivity index (χ0) is 17.5. The number of aryl methyl sites for hydroxylation is 1. The van der Waals surface area contributed by atoms with Crippen LogP contribution in [0.1, 0.15) is 22.4 Å². The lowest BCUT2D eigenvalue weighted by molar-refractivity contribution is 0.525. The summed E-state index contributed by atoms with van der Waals surface area (Å²) in [6.07, 6.45) is 2.00. The van der Waals surface area contributed by atoms with Gasteiger partial charge in [-0.2, -0.15) is 0 Å². The van der Waals surface area contributed by atoms with Crippen molar-refractivity contribution in [3.05, 3.63) is 83.0 Å². The molecule has 5 heteroatoms. The maximum atomic E-state index is 5.76. The Kier molecular flexibility index (Phi) is 3.47. The lowest BCUT2D eigenvalue weighted by Gasteiger charge is -1.99. The third kappa shape index (κ3) is 2.62. The van der Waals surface area contributed by atoms with Gasteiger partial charge in [0, 0.05) is 0 Å². The fourth-order valence-electron chi connectivity index (χ4n) is 2.97. The van der Waals surface area contributed by atoms with Crippen molar-refractivity contribution in [1.82, 2.24) is 15.0 Å². The van der Waals surface area contributed by atoms with E-state index in [1.807, 2.05) is 67.6 Å². The van der Waals surface area contributed by atoms with Crippen LogP contribution in [-0.4, -0.2) is 15.0 Å². The summed E-state index contributed by atoms with van der Waals surface area (Å²) in [5.74, 6) is 2.46. The number of para-hydroxylation sites is 3. The second-order valence-electron chi connectivity index (χ2n) is 6.10. The van der Waals surface area contributed by atoms with Crippen LogP contribution in [-0.2, 0) is 0 Å². The molecule has 3 aromatic heterocycles. The van der Waals surface area contributed by atoms with Gasteiger partial charge in [-0.3, -0.25) is 0 Å². The number of fused-ring (bicyclic) bond motifs is 2. The molecule has 0 amide bonds. The monoisotopic (exact) mass is 357 g/mol. The molecule has 3 heterocycles. The fourth-order valence-corrected chi connectivity index (χ4v) is 3.96. The first-order valence-corrected chi connectivity index (χ1v) is 9.17. The Labute approximate surface area is 153 Å². The van der Waals surface area contributed by atoms with Crippen LogP contribution in [0.15, 0.2) is 65.1 Å². The van der Waals surface area contributed by atoms with Gasteiger partial charge >= 0.3 is 0 Å². The minimum atomic E-state index is 0.789. The topological polar surface area (TPSA) is 54.7 Å². The highest BCUT2D eigenvalue weighted by atomic mass is 32.1. The van der Waals surface area contributed by atoms with Crippen LogP contribution in [0.3, 0.4) is 0 Å². The third-order valence-corrected chi connectivity index (χ3v) is 5.29. The lowest BCUT2D eigenvalue weighted by atomic mass is 10.2. The second kappa shape index (κ2) is 5.97. The second-order valence-corrected chi connectivity index (χ2v) is 7.13. The molecule has 0 aliphatic heterocycles. The zero-order valence-electron chi connectivity index (χ0n) is 14.1. The van der Waals surface area contributed by atoms with Crippen LogP contribution < -0.4 is 0 Å². The van der Waals surface area contributed by atoms with Crippen LogP contribution >= 0.6 is 11.3 Å². The van der Waals surface area contributed by atoms with E-state index in [1.165, 1.54) is 0 Å². The third-order valence-electron chi connectivity index (χ3n) is 4.22. The van der Waals surface area contributed by atoms with E-state index >= 15 is 0 Å². The molecular formula is C21H15N3OS. The highest BCUT2D eigenvalue weighted by molar-refractivity contribution is 7.19. The van der Waals surface area contributed by atoms with Crippen molar-refractivity contribution >= 4 is 44.2 Å². The standard InChI is InChI=1S/C21H15N3OS/c1-13-10-11-14(25-13)12-15(20-22-16-6-2-3-7-17(16)23-20)21-24-18-8-4-5-9-19(18)26-21/h2-12H,1H3,(H,22,23)/b15-12+. The zero-order valence-corrected chi connectivity index (χ0v) is 14.9. The molecule has 5 aromatic rings. The molecule has 2 aromatic carbocycles. The lowest BCUT2D eigenvalue weighted by Crippen LogP contribution is -1.90. The van der Waals surface area contributed by atoms with E-state index in [9.17, 15) is 0 Å². The van der Waals surface area contributed by atoms with Gasteiger partial charge in [-0.05, 0) is 49.4 Å². The van der Waals surface area contributed by atoms with Crippen molar-refractivity contribution in [2.45, 2.75) is 6.92 Å². The Morgan fingerprint density at radius 2 is 1.77 bits per heavy atom. The van der Waals surface area contributed by atoms with E-state index in [4.69, 9.17) is 14.4 Å². The molecule has 26 heavy (non-hydrogen) atoms. The summed E-state index contributed by atoms with van der Waals surface area (Å²) in [7, 11) is 0. The molecule has 0 fully saturated rings. The van der Waals surface area contributed by atoms with E-state index in [0.717, 1.165) is 49.2 Å². The number of nitrogens with one attached hydrogen (secondary N) is 1. The SMILES string of the molecule is Cc1ccc(/C=C(\c2nc3ccccc3[nH]2)c2nc3ccccc3s2)o1. The van der Waals surface area contributed by atoms with Crippen molar-refractivity contribution in [3.63, 3.8) is 0 Å². The van der Waals surface area contributed by atoms with Crippen molar-refractivity contribution in [2.75, 3.05) is 0 Å². The number of benzene rings is 2. The number of thiazole rings is 1. The molecule has 0 unspecified atom stereocenters. The van der Waals surface area contributed by atoms with Gasteiger partial charge in [0.15, 0.2) is 0 Å². The van der Waals surface area contributed by atoms with Gasteiger partial charge in [-0.25, -0.2) is 9.97 Å². The number of nitrogens with zero attached hydrogens (tertiary/aromatic N) is 2. The molecule has 1 N–H and O–H groups in total. The summed E-state index contributed by atoms with van der Waals surface area (Å²) in [6.45, 7) is 1.94. The average molecular weight is 357 g/mol. The number of rotatable bonds is 3. The van der Waals surface area contributed by atoms with Gasteiger partial charge in [0.1, 0.15) is 22.4 Å². The summed E-state index contributed by atoms with van der Waals surface area (Å²) in [4.78, 5) is 13.0. The van der Waals surface area contributed by atoms with Crippen LogP contribution in [0, 0.1) is 6.92 Å². The first-order chi connectivity index (χ1) is 12.8. The molecule has 0 spiro atoms. The molecule has 0 aliphatic carbocycles. The van der Waals surface area contributed by atoms with Gasteiger partial charge < -0.3 is 9.40 Å². The maximum absolute atomic E-state index is 5.76. The number of H-pyrrole nitrogens is 1. The van der Waals surface area contributed by atoms with Gasteiger partial charge in [0.05, 0.1) is 26.8 Å². The maximum Gasteiger partial charge on any atom is 0.141 e. The van der Waals surface area contributed by atoms with E-state index in [1.54, 1.807) is 11.3 Å². The first kappa shape index (κ1) is 15.1. The molecule has 4 nitrogen and oxygen atoms in total. The molecule has 5 rings (SSSR count). The smallest absolute Gasteiger partial charge is 0.141 e.